The van der Waals surface area contributed by atoms with E-state index in [1.807, 2.05) is 43.4 Å². The summed E-state index contributed by atoms with van der Waals surface area (Å²) in [5.74, 6) is 1.24. The van der Waals surface area contributed by atoms with Gasteiger partial charge in [-0.3, -0.25) is 9.67 Å². The van der Waals surface area contributed by atoms with Gasteiger partial charge in [-0.05, 0) is 60.7 Å². The fourth-order valence-corrected chi connectivity index (χ4v) is 4.26. The van der Waals surface area contributed by atoms with Crippen LogP contribution in [0.3, 0.4) is 0 Å². The van der Waals surface area contributed by atoms with E-state index < -0.39 is 5.97 Å². The summed E-state index contributed by atoms with van der Waals surface area (Å²) in [6.45, 7) is 0. The third-order valence-corrected chi connectivity index (χ3v) is 5.98. The van der Waals surface area contributed by atoms with Gasteiger partial charge in [0.25, 0.3) is 0 Å². The number of carboxylic acid groups (broad SMARTS) is 1. The van der Waals surface area contributed by atoms with E-state index in [9.17, 15) is 9.90 Å². The van der Waals surface area contributed by atoms with Gasteiger partial charge >= 0.3 is 5.97 Å². The Balaban J connectivity index is 1.36. The highest BCUT2D eigenvalue weighted by molar-refractivity contribution is 6.03. The molecule has 0 atom stereocenters. The molecular weight excluding hydrogens is 404 g/mol. The molecule has 1 saturated carbocycles. The van der Waals surface area contributed by atoms with Crippen molar-refractivity contribution in [2.75, 3.05) is 0 Å². The van der Waals surface area contributed by atoms with Gasteiger partial charge in [-0.2, -0.15) is 5.10 Å². The van der Waals surface area contributed by atoms with Crippen LogP contribution in [0.2, 0.25) is 0 Å². The first-order valence-electron chi connectivity index (χ1n) is 10.5. The molecule has 0 bridgehead atoms. The lowest BCUT2D eigenvalue weighted by Crippen LogP contribution is -1.98. The Kier molecular flexibility index (Phi) is 4.04. The predicted molar refractivity (Wildman–Crippen MR) is 121 cm³/mol. The van der Waals surface area contributed by atoms with Crippen LogP contribution in [-0.4, -0.2) is 30.8 Å². The Morgan fingerprint density at radius 3 is 2.59 bits per heavy atom. The third-order valence-electron chi connectivity index (χ3n) is 5.98. The SMILES string of the molecule is Cn1nc2cc(Oc3ccc(C4CC4)cc3)ccc2c1-c1cc2nccc(C(=O)O)c2[nH]1. The molecule has 3 heterocycles. The molecule has 2 N–H and O–H groups in total. The number of fused-ring (bicyclic) bond motifs is 2. The van der Waals surface area contributed by atoms with Crippen molar-refractivity contribution in [2.24, 2.45) is 7.05 Å². The van der Waals surface area contributed by atoms with Crippen molar-refractivity contribution in [1.29, 1.82) is 0 Å². The van der Waals surface area contributed by atoms with Crippen molar-refractivity contribution in [2.45, 2.75) is 18.8 Å². The molecule has 7 heteroatoms. The van der Waals surface area contributed by atoms with Gasteiger partial charge in [-0.25, -0.2) is 4.79 Å². The Bertz CT molecular complexity index is 1490. The molecule has 7 nitrogen and oxygen atoms in total. The molecule has 32 heavy (non-hydrogen) atoms. The predicted octanol–water partition coefficient (Wildman–Crippen LogP) is 5.48. The average Bonchev–Trinajstić information content (AvgIpc) is 3.45. The van der Waals surface area contributed by atoms with E-state index in [0.717, 1.165) is 34.0 Å². The number of aryl methyl sites for hydroxylation is 1. The summed E-state index contributed by atoms with van der Waals surface area (Å²) in [6.07, 6.45) is 4.07. The smallest absolute Gasteiger partial charge is 0.337 e. The molecule has 6 rings (SSSR count). The number of nitrogens with one attached hydrogen (secondary N) is 1. The zero-order valence-electron chi connectivity index (χ0n) is 17.4. The highest BCUT2D eigenvalue weighted by Gasteiger charge is 2.23. The molecule has 1 fully saturated rings. The van der Waals surface area contributed by atoms with Gasteiger partial charge in [0.1, 0.15) is 11.5 Å². The lowest BCUT2D eigenvalue weighted by molar-refractivity contribution is 0.0698. The number of ether oxygens (including phenoxy) is 1. The number of nitrogens with zero attached hydrogens (tertiary/aromatic N) is 3. The van der Waals surface area contributed by atoms with Gasteiger partial charge < -0.3 is 14.8 Å². The number of carboxylic acids is 1. The molecule has 0 radical (unpaired) electrons. The van der Waals surface area contributed by atoms with Crippen molar-refractivity contribution in [3.05, 3.63) is 71.9 Å². The monoisotopic (exact) mass is 424 g/mol. The van der Waals surface area contributed by atoms with Gasteiger partial charge in [0, 0.05) is 24.7 Å². The lowest BCUT2D eigenvalue weighted by atomic mass is 10.1. The van der Waals surface area contributed by atoms with Crippen molar-refractivity contribution < 1.29 is 14.6 Å². The summed E-state index contributed by atoms with van der Waals surface area (Å²) >= 11 is 0. The van der Waals surface area contributed by atoms with E-state index in [2.05, 4.69) is 27.2 Å². The minimum Gasteiger partial charge on any atom is -0.478 e. The first-order chi connectivity index (χ1) is 15.6. The molecular formula is C25H20N4O3. The largest absolute Gasteiger partial charge is 0.478 e. The van der Waals surface area contributed by atoms with E-state index >= 15 is 0 Å². The number of carbonyl (C=O) groups is 1. The number of benzene rings is 2. The van der Waals surface area contributed by atoms with E-state index in [1.54, 1.807) is 4.68 Å². The highest BCUT2D eigenvalue weighted by Crippen LogP contribution is 2.40. The number of pyridine rings is 1. The van der Waals surface area contributed by atoms with E-state index in [4.69, 9.17) is 4.74 Å². The molecule has 0 unspecified atom stereocenters. The maximum Gasteiger partial charge on any atom is 0.337 e. The topological polar surface area (TPSA) is 93.0 Å². The minimum absolute atomic E-state index is 0.191. The number of aromatic nitrogens is 4. The summed E-state index contributed by atoms with van der Waals surface area (Å²) in [7, 11) is 1.86. The molecule has 158 valence electrons. The Morgan fingerprint density at radius 2 is 1.84 bits per heavy atom. The number of aromatic amines is 1. The van der Waals surface area contributed by atoms with Crippen LogP contribution in [0, 0.1) is 0 Å². The number of H-pyrrole nitrogens is 1. The molecule has 2 aromatic carbocycles. The molecule has 1 aliphatic carbocycles. The van der Waals surface area contributed by atoms with Crippen molar-refractivity contribution in [3.8, 4) is 22.9 Å². The van der Waals surface area contributed by atoms with Crippen LogP contribution >= 0.6 is 0 Å². The highest BCUT2D eigenvalue weighted by atomic mass is 16.5. The van der Waals surface area contributed by atoms with Gasteiger partial charge in [0.05, 0.1) is 33.5 Å². The zero-order chi connectivity index (χ0) is 21.8. The Morgan fingerprint density at radius 1 is 1.06 bits per heavy atom. The van der Waals surface area contributed by atoms with Crippen LogP contribution in [0.1, 0.15) is 34.7 Å². The first kappa shape index (κ1) is 18.6. The first-order valence-corrected chi connectivity index (χ1v) is 10.5. The lowest BCUT2D eigenvalue weighted by Gasteiger charge is -2.07. The second-order valence-corrected chi connectivity index (χ2v) is 8.20. The number of aromatic carboxylic acids is 1. The van der Waals surface area contributed by atoms with Crippen LogP contribution < -0.4 is 4.74 Å². The summed E-state index contributed by atoms with van der Waals surface area (Å²) in [5.41, 5.74) is 5.07. The van der Waals surface area contributed by atoms with E-state index in [0.29, 0.717) is 16.8 Å². The maximum atomic E-state index is 11.6. The second-order valence-electron chi connectivity index (χ2n) is 8.20. The zero-order valence-corrected chi connectivity index (χ0v) is 17.4. The molecule has 0 aliphatic heterocycles. The van der Waals surface area contributed by atoms with E-state index in [-0.39, 0.29) is 5.56 Å². The summed E-state index contributed by atoms with van der Waals surface area (Å²) < 4.78 is 7.84. The Labute approximate surface area is 183 Å². The molecule has 0 saturated heterocycles. The maximum absolute atomic E-state index is 11.6. The minimum atomic E-state index is -0.993. The number of hydrogen-bond donors (Lipinski definition) is 2. The normalized spacial score (nSPS) is 13.7. The van der Waals surface area contributed by atoms with Crippen molar-refractivity contribution in [1.82, 2.24) is 19.7 Å². The van der Waals surface area contributed by atoms with E-state index in [1.165, 1.54) is 30.7 Å². The van der Waals surface area contributed by atoms with Crippen LogP contribution in [0.4, 0.5) is 0 Å². The molecule has 0 spiro atoms. The molecule has 3 aromatic heterocycles. The quantitative estimate of drug-likeness (QED) is 0.389. The Hall–Kier alpha value is -4.13. The average molecular weight is 424 g/mol. The van der Waals surface area contributed by atoms with Gasteiger partial charge in [-0.15, -0.1) is 0 Å². The second kappa shape index (κ2) is 6.95. The van der Waals surface area contributed by atoms with Gasteiger partial charge in [0.15, 0.2) is 0 Å². The molecule has 5 aromatic rings. The van der Waals surface area contributed by atoms with Crippen molar-refractivity contribution in [3.63, 3.8) is 0 Å². The number of rotatable bonds is 5. The fraction of sp³-hybridized carbons (Fsp3) is 0.160. The van der Waals surface area contributed by atoms with Crippen LogP contribution in [0.15, 0.2) is 60.8 Å². The summed E-state index contributed by atoms with van der Waals surface area (Å²) in [5, 5.41) is 15.0. The van der Waals surface area contributed by atoms with Crippen LogP contribution in [-0.2, 0) is 7.05 Å². The fourth-order valence-electron chi connectivity index (χ4n) is 4.26. The van der Waals surface area contributed by atoms with Crippen molar-refractivity contribution >= 4 is 27.9 Å². The third kappa shape index (κ3) is 3.10. The van der Waals surface area contributed by atoms with Crippen LogP contribution in [0.25, 0.3) is 33.3 Å². The van der Waals surface area contributed by atoms with Gasteiger partial charge in [-0.1, -0.05) is 12.1 Å². The standard InChI is InChI=1S/C25H20N4O3/c1-29-24(22-13-21-23(27-22)19(25(30)31)10-11-26-21)18-9-8-17(12-20(18)28-29)32-16-6-4-15(5-7-16)14-2-3-14/h4-14,27H,2-3H2,1H3,(H,30,31). The summed E-state index contributed by atoms with van der Waals surface area (Å²) in [4.78, 5) is 19.1. The van der Waals surface area contributed by atoms with Gasteiger partial charge in [0.2, 0.25) is 0 Å². The summed E-state index contributed by atoms with van der Waals surface area (Å²) in [6, 6.07) is 17.5. The van der Waals surface area contributed by atoms with Crippen LogP contribution in [0.5, 0.6) is 11.5 Å². The molecule has 0 amide bonds. The molecule has 1 aliphatic rings. The number of hydrogen-bond acceptors (Lipinski definition) is 4.